The lowest BCUT2D eigenvalue weighted by Crippen LogP contribution is -2.14. The molecule has 0 aliphatic heterocycles. The molecule has 0 bridgehead atoms. The zero-order chi connectivity index (χ0) is 27.4. The smallest absolute Gasteiger partial charge is 0.416 e. The van der Waals surface area contributed by atoms with Crippen molar-refractivity contribution < 1.29 is 32.2 Å². The highest BCUT2D eigenvalue weighted by atomic mass is 19.4. The van der Waals surface area contributed by atoms with Gasteiger partial charge in [-0.15, -0.1) is 10.2 Å². The van der Waals surface area contributed by atoms with E-state index >= 15 is 0 Å². The van der Waals surface area contributed by atoms with Crippen LogP contribution in [-0.2, 0) is 19.0 Å². The van der Waals surface area contributed by atoms with Gasteiger partial charge in [-0.2, -0.15) is 13.2 Å². The summed E-state index contributed by atoms with van der Waals surface area (Å²) in [6, 6.07) is 9.87. The molecule has 2 aromatic heterocycles. The first-order valence-corrected chi connectivity index (χ1v) is 11.9. The molecule has 0 atom stereocenters. The molecule has 0 unspecified atom stereocenters. The van der Waals surface area contributed by atoms with Gasteiger partial charge in [0.15, 0.2) is 0 Å². The molecule has 0 aliphatic rings. The Bertz CT molecular complexity index is 1470. The van der Waals surface area contributed by atoms with E-state index < -0.39 is 23.0 Å². The van der Waals surface area contributed by atoms with Crippen LogP contribution in [0.2, 0.25) is 0 Å². The maximum absolute atomic E-state index is 13.1. The maximum atomic E-state index is 13.1. The number of nitrogens with zero attached hydrogens (tertiary/aromatic N) is 2. The zero-order valence-corrected chi connectivity index (χ0v) is 21.0. The number of pyridine rings is 1. The van der Waals surface area contributed by atoms with Gasteiger partial charge in [0.2, 0.25) is 5.89 Å². The standard InChI is InChI=1S/C27H26F3N3O5/c1-4-5-10-17-21(22-18(36-2)11-7-12-19(22)37-3)24(34)23(25(35)31-17)26-33-32-20(38-26)14-15-8-6-9-16(13-15)27(28,29)30/h6-9,11-13H,4-5,10,14H2,1-3H3,(H2,31,34,35). The molecule has 0 aliphatic carbocycles. The lowest BCUT2D eigenvalue weighted by molar-refractivity contribution is -0.137. The molecule has 8 nitrogen and oxygen atoms in total. The van der Waals surface area contributed by atoms with Gasteiger partial charge in [0.05, 0.1) is 37.3 Å². The van der Waals surface area contributed by atoms with Gasteiger partial charge in [0.25, 0.3) is 11.4 Å². The average Bonchev–Trinajstić information content (AvgIpc) is 3.34. The molecule has 4 rings (SSSR count). The number of H-pyrrole nitrogens is 1. The summed E-state index contributed by atoms with van der Waals surface area (Å²) < 4.78 is 55.9. The van der Waals surface area contributed by atoms with E-state index in [-0.39, 0.29) is 23.8 Å². The van der Waals surface area contributed by atoms with Gasteiger partial charge >= 0.3 is 6.18 Å². The molecule has 0 radical (unpaired) electrons. The average molecular weight is 530 g/mol. The molecule has 2 aromatic carbocycles. The van der Waals surface area contributed by atoms with Crippen LogP contribution in [0.5, 0.6) is 17.2 Å². The second-order valence-electron chi connectivity index (χ2n) is 8.55. The fraction of sp³-hybridized carbons (Fsp3) is 0.296. The molecule has 2 N–H and O–H groups in total. The van der Waals surface area contributed by atoms with Gasteiger partial charge in [-0.25, -0.2) is 0 Å². The number of nitrogens with one attached hydrogen (secondary N) is 1. The summed E-state index contributed by atoms with van der Waals surface area (Å²) in [5.41, 5.74) is -0.229. The number of aromatic hydroxyl groups is 1. The Morgan fingerprint density at radius 2 is 1.68 bits per heavy atom. The molecule has 2 heterocycles. The summed E-state index contributed by atoms with van der Waals surface area (Å²) in [6.45, 7) is 2.00. The van der Waals surface area contributed by atoms with Gasteiger partial charge in [0, 0.05) is 5.69 Å². The molecule has 38 heavy (non-hydrogen) atoms. The van der Waals surface area contributed by atoms with E-state index in [9.17, 15) is 23.1 Å². The van der Waals surface area contributed by atoms with Gasteiger partial charge < -0.3 is 24.0 Å². The molecular weight excluding hydrogens is 503 g/mol. The first kappa shape index (κ1) is 26.8. The number of alkyl halides is 3. The summed E-state index contributed by atoms with van der Waals surface area (Å²) in [5, 5.41) is 19.2. The Kier molecular flexibility index (Phi) is 7.75. The number of rotatable bonds is 9. The fourth-order valence-corrected chi connectivity index (χ4v) is 4.20. The van der Waals surface area contributed by atoms with Crippen LogP contribution >= 0.6 is 0 Å². The van der Waals surface area contributed by atoms with Crippen molar-refractivity contribution in [1.29, 1.82) is 0 Å². The highest BCUT2D eigenvalue weighted by Gasteiger charge is 2.31. The van der Waals surface area contributed by atoms with Crippen molar-refractivity contribution in [2.24, 2.45) is 0 Å². The molecule has 0 saturated carbocycles. The normalized spacial score (nSPS) is 11.5. The van der Waals surface area contributed by atoms with Crippen molar-refractivity contribution in [1.82, 2.24) is 15.2 Å². The molecular formula is C27H26F3N3O5. The topological polar surface area (TPSA) is 110 Å². The lowest BCUT2D eigenvalue weighted by Gasteiger charge is -2.18. The number of methoxy groups -OCH3 is 2. The van der Waals surface area contributed by atoms with Crippen molar-refractivity contribution in [2.75, 3.05) is 14.2 Å². The van der Waals surface area contributed by atoms with E-state index in [1.54, 1.807) is 18.2 Å². The Morgan fingerprint density at radius 1 is 1.00 bits per heavy atom. The number of aromatic amines is 1. The van der Waals surface area contributed by atoms with Crippen LogP contribution in [0, 0.1) is 0 Å². The third-order valence-electron chi connectivity index (χ3n) is 6.02. The second kappa shape index (κ2) is 11.0. The first-order chi connectivity index (χ1) is 18.2. The van der Waals surface area contributed by atoms with Crippen LogP contribution in [0.15, 0.2) is 51.7 Å². The van der Waals surface area contributed by atoms with Crippen LogP contribution < -0.4 is 15.0 Å². The SMILES string of the molecule is CCCCc1[nH]c(=O)c(-c2nnc(Cc3cccc(C(F)(F)F)c3)o2)c(O)c1-c1c(OC)cccc1OC. The highest BCUT2D eigenvalue weighted by Crippen LogP contribution is 2.46. The van der Waals surface area contributed by atoms with E-state index in [0.29, 0.717) is 40.3 Å². The Hall–Kier alpha value is -4.28. The van der Waals surface area contributed by atoms with E-state index in [0.717, 1.165) is 25.0 Å². The lowest BCUT2D eigenvalue weighted by atomic mass is 9.96. The Morgan fingerprint density at radius 3 is 2.32 bits per heavy atom. The van der Waals surface area contributed by atoms with Crippen LogP contribution in [0.4, 0.5) is 13.2 Å². The van der Waals surface area contributed by atoms with E-state index in [1.807, 2.05) is 6.92 Å². The Labute approximate surface area is 216 Å². The maximum Gasteiger partial charge on any atom is 0.416 e. The summed E-state index contributed by atoms with van der Waals surface area (Å²) in [7, 11) is 2.96. The highest BCUT2D eigenvalue weighted by molar-refractivity contribution is 5.86. The number of aryl methyl sites for hydroxylation is 1. The third kappa shape index (κ3) is 5.36. The molecule has 0 spiro atoms. The predicted octanol–water partition coefficient (Wildman–Crippen LogP) is 5.77. The summed E-state index contributed by atoms with van der Waals surface area (Å²) >= 11 is 0. The summed E-state index contributed by atoms with van der Waals surface area (Å²) in [5.74, 6) is 0.113. The van der Waals surface area contributed by atoms with Crippen molar-refractivity contribution in [2.45, 2.75) is 38.8 Å². The van der Waals surface area contributed by atoms with Crippen molar-refractivity contribution in [3.8, 4) is 39.8 Å². The largest absolute Gasteiger partial charge is 0.506 e. The summed E-state index contributed by atoms with van der Waals surface area (Å²) in [6.07, 6.45) is -2.56. The molecule has 4 aromatic rings. The number of unbranched alkanes of at least 4 members (excludes halogenated alkanes) is 1. The Balaban J connectivity index is 1.82. The molecule has 0 fully saturated rings. The molecule has 0 amide bonds. The van der Waals surface area contributed by atoms with Crippen molar-refractivity contribution in [3.63, 3.8) is 0 Å². The number of hydrogen-bond donors (Lipinski definition) is 2. The second-order valence-corrected chi connectivity index (χ2v) is 8.55. The van der Waals surface area contributed by atoms with E-state index in [4.69, 9.17) is 13.9 Å². The fourth-order valence-electron chi connectivity index (χ4n) is 4.20. The van der Waals surface area contributed by atoms with E-state index in [1.165, 1.54) is 26.4 Å². The van der Waals surface area contributed by atoms with Gasteiger partial charge in [0.1, 0.15) is 22.8 Å². The molecule has 11 heteroatoms. The molecule has 200 valence electrons. The minimum absolute atomic E-state index is 0.0235. The minimum atomic E-state index is -4.50. The first-order valence-electron chi connectivity index (χ1n) is 11.9. The quantitative estimate of drug-likeness (QED) is 0.283. The number of benzene rings is 2. The zero-order valence-electron chi connectivity index (χ0n) is 21.0. The monoisotopic (exact) mass is 529 g/mol. The summed E-state index contributed by atoms with van der Waals surface area (Å²) in [4.78, 5) is 15.9. The number of halogens is 3. The van der Waals surface area contributed by atoms with Crippen LogP contribution in [0.1, 0.15) is 42.5 Å². The predicted molar refractivity (Wildman–Crippen MR) is 133 cm³/mol. The third-order valence-corrected chi connectivity index (χ3v) is 6.02. The minimum Gasteiger partial charge on any atom is -0.506 e. The van der Waals surface area contributed by atoms with E-state index in [2.05, 4.69) is 15.2 Å². The number of hydrogen-bond acceptors (Lipinski definition) is 7. The van der Waals surface area contributed by atoms with Crippen LogP contribution in [0.3, 0.4) is 0 Å². The van der Waals surface area contributed by atoms with Gasteiger partial charge in [-0.05, 0) is 36.6 Å². The number of aromatic nitrogens is 3. The van der Waals surface area contributed by atoms with Crippen LogP contribution in [-0.4, -0.2) is 34.5 Å². The van der Waals surface area contributed by atoms with Gasteiger partial charge in [-0.1, -0.05) is 37.6 Å². The van der Waals surface area contributed by atoms with Gasteiger partial charge in [-0.3, -0.25) is 4.79 Å². The molecule has 0 saturated heterocycles. The van der Waals surface area contributed by atoms with Crippen molar-refractivity contribution in [3.05, 3.63) is 75.5 Å². The van der Waals surface area contributed by atoms with Crippen LogP contribution in [0.25, 0.3) is 22.6 Å². The number of ether oxygens (including phenoxy) is 2. The van der Waals surface area contributed by atoms with Crippen molar-refractivity contribution >= 4 is 0 Å².